The highest BCUT2D eigenvalue weighted by atomic mass is 32.2. The zero-order valence-corrected chi connectivity index (χ0v) is 10.1. The van der Waals surface area contributed by atoms with Gasteiger partial charge in [-0.1, -0.05) is 6.92 Å². The molecule has 0 aromatic rings. The second-order valence-electron chi connectivity index (χ2n) is 3.99. The lowest BCUT2D eigenvalue weighted by atomic mass is 10.1. The van der Waals surface area contributed by atoms with Crippen molar-refractivity contribution in [3.63, 3.8) is 0 Å². The van der Waals surface area contributed by atoms with Gasteiger partial charge in [0.2, 0.25) is 0 Å². The van der Waals surface area contributed by atoms with Gasteiger partial charge in [-0.3, -0.25) is 0 Å². The van der Waals surface area contributed by atoms with Crippen molar-refractivity contribution >= 4 is 10.2 Å². The maximum absolute atomic E-state index is 11.8. The molecule has 1 saturated heterocycles. The third kappa shape index (κ3) is 3.41. The summed E-state index contributed by atoms with van der Waals surface area (Å²) in [6.07, 6.45) is 1.79. The molecule has 6 heteroatoms. The molecule has 2 unspecified atom stereocenters. The average molecular weight is 236 g/mol. The number of nitrogens with zero attached hydrogens (tertiary/aromatic N) is 1. The van der Waals surface area contributed by atoms with E-state index in [-0.39, 0.29) is 6.04 Å². The molecular formula is C9H20N2O3S. The van der Waals surface area contributed by atoms with Crippen molar-refractivity contribution in [2.75, 3.05) is 13.1 Å². The topological polar surface area (TPSA) is 69.6 Å². The van der Waals surface area contributed by atoms with Crippen LogP contribution in [0.4, 0.5) is 0 Å². The summed E-state index contributed by atoms with van der Waals surface area (Å²) in [5, 5.41) is 9.28. The molecule has 90 valence electrons. The molecule has 15 heavy (non-hydrogen) atoms. The predicted octanol–water partition coefficient (Wildman–Crippen LogP) is 0.0760. The Morgan fingerprint density at radius 1 is 1.60 bits per heavy atom. The third-order valence-corrected chi connectivity index (χ3v) is 4.32. The number of hydrogen-bond donors (Lipinski definition) is 2. The van der Waals surface area contributed by atoms with E-state index < -0.39 is 16.3 Å². The van der Waals surface area contributed by atoms with Crippen LogP contribution in [0.25, 0.3) is 0 Å². The summed E-state index contributed by atoms with van der Waals surface area (Å²) in [6, 6.07) is -0.0472. The van der Waals surface area contributed by atoms with E-state index in [9.17, 15) is 13.5 Å². The predicted molar refractivity (Wildman–Crippen MR) is 58.6 cm³/mol. The Balaban J connectivity index is 2.67. The van der Waals surface area contributed by atoms with Gasteiger partial charge in [-0.15, -0.1) is 0 Å². The van der Waals surface area contributed by atoms with Crippen molar-refractivity contribution in [1.82, 2.24) is 9.03 Å². The largest absolute Gasteiger partial charge is 0.393 e. The molecule has 0 spiro atoms. The molecule has 1 rings (SSSR count). The monoisotopic (exact) mass is 236 g/mol. The molecule has 0 aliphatic carbocycles. The molecule has 0 aromatic carbocycles. The highest BCUT2D eigenvalue weighted by Gasteiger charge is 2.33. The summed E-state index contributed by atoms with van der Waals surface area (Å²) in [5.41, 5.74) is 0. The Labute approximate surface area is 91.7 Å². The lowest BCUT2D eigenvalue weighted by Crippen LogP contribution is -2.44. The first-order valence-electron chi connectivity index (χ1n) is 5.42. The molecule has 2 N–H and O–H groups in total. The van der Waals surface area contributed by atoms with Crippen molar-refractivity contribution in [2.45, 2.75) is 45.3 Å². The first kappa shape index (κ1) is 12.9. The summed E-state index contributed by atoms with van der Waals surface area (Å²) < 4.78 is 27.5. The van der Waals surface area contributed by atoms with Crippen LogP contribution in [0, 0.1) is 0 Å². The van der Waals surface area contributed by atoms with Crippen molar-refractivity contribution in [3.05, 3.63) is 0 Å². The van der Waals surface area contributed by atoms with Crippen LogP contribution in [0.15, 0.2) is 0 Å². The molecule has 2 atom stereocenters. The molecule has 1 aliphatic rings. The van der Waals surface area contributed by atoms with Crippen LogP contribution >= 0.6 is 0 Å². The van der Waals surface area contributed by atoms with Crippen LogP contribution < -0.4 is 4.72 Å². The van der Waals surface area contributed by atoms with E-state index in [0.29, 0.717) is 19.5 Å². The molecular weight excluding hydrogens is 216 g/mol. The van der Waals surface area contributed by atoms with E-state index in [1.165, 1.54) is 4.31 Å². The molecule has 5 nitrogen and oxygen atoms in total. The van der Waals surface area contributed by atoms with Gasteiger partial charge in [0.15, 0.2) is 0 Å². The smallest absolute Gasteiger partial charge is 0.279 e. The van der Waals surface area contributed by atoms with Crippen molar-refractivity contribution in [1.29, 1.82) is 0 Å². The van der Waals surface area contributed by atoms with Crippen LogP contribution in [0.2, 0.25) is 0 Å². The molecule has 0 radical (unpaired) electrons. The first-order chi connectivity index (χ1) is 6.97. The number of aliphatic hydroxyl groups excluding tert-OH is 1. The molecule has 0 saturated carbocycles. The Bertz CT molecular complexity index is 290. The Morgan fingerprint density at radius 2 is 2.27 bits per heavy atom. The van der Waals surface area contributed by atoms with Crippen LogP contribution in [-0.4, -0.2) is 43.1 Å². The van der Waals surface area contributed by atoms with E-state index in [4.69, 9.17) is 0 Å². The fourth-order valence-electron chi connectivity index (χ4n) is 2.02. The minimum absolute atomic E-state index is 0.0472. The zero-order chi connectivity index (χ0) is 11.5. The SMILES string of the molecule is CCNS(=O)(=O)N1CCCC1CC(C)O. The van der Waals surface area contributed by atoms with E-state index in [1.807, 2.05) is 0 Å². The van der Waals surface area contributed by atoms with Gasteiger partial charge in [-0.2, -0.15) is 12.7 Å². The second kappa shape index (κ2) is 5.25. The minimum Gasteiger partial charge on any atom is -0.393 e. The van der Waals surface area contributed by atoms with Crippen molar-refractivity contribution in [2.24, 2.45) is 0 Å². The van der Waals surface area contributed by atoms with Crippen LogP contribution in [-0.2, 0) is 10.2 Å². The van der Waals surface area contributed by atoms with Crippen molar-refractivity contribution < 1.29 is 13.5 Å². The van der Waals surface area contributed by atoms with Gasteiger partial charge >= 0.3 is 0 Å². The summed E-state index contributed by atoms with van der Waals surface area (Å²) in [7, 11) is -3.33. The number of rotatable bonds is 5. The Morgan fingerprint density at radius 3 is 2.80 bits per heavy atom. The first-order valence-corrected chi connectivity index (χ1v) is 6.86. The quantitative estimate of drug-likeness (QED) is 0.710. The van der Waals surface area contributed by atoms with Crippen LogP contribution in [0.1, 0.15) is 33.1 Å². The maximum atomic E-state index is 11.8. The second-order valence-corrected chi connectivity index (χ2v) is 5.70. The van der Waals surface area contributed by atoms with Crippen LogP contribution in [0.5, 0.6) is 0 Å². The summed E-state index contributed by atoms with van der Waals surface area (Å²) >= 11 is 0. The molecule has 1 aliphatic heterocycles. The van der Waals surface area contributed by atoms with Gasteiger partial charge in [0.25, 0.3) is 10.2 Å². The van der Waals surface area contributed by atoms with Gasteiger partial charge in [0.1, 0.15) is 0 Å². The minimum atomic E-state index is -3.33. The standard InChI is InChI=1S/C9H20N2O3S/c1-3-10-15(13,14)11-6-4-5-9(11)7-8(2)12/h8-10,12H,3-7H2,1-2H3. The number of nitrogens with one attached hydrogen (secondary N) is 1. The third-order valence-electron chi connectivity index (χ3n) is 2.57. The van der Waals surface area contributed by atoms with Gasteiger partial charge in [-0.25, -0.2) is 4.72 Å². The van der Waals surface area contributed by atoms with Gasteiger partial charge < -0.3 is 5.11 Å². The van der Waals surface area contributed by atoms with Crippen molar-refractivity contribution in [3.8, 4) is 0 Å². The summed E-state index contributed by atoms with van der Waals surface area (Å²) in [4.78, 5) is 0. The van der Waals surface area contributed by atoms with Gasteiger partial charge in [-0.05, 0) is 26.2 Å². The van der Waals surface area contributed by atoms with E-state index in [0.717, 1.165) is 12.8 Å². The number of hydrogen-bond acceptors (Lipinski definition) is 3. The Kier molecular flexibility index (Phi) is 4.51. The summed E-state index contributed by atoms with van der Waals surface area (Å²) in [6.45, 7) is 4.42. The zero-order valence-electron chi connectivity index (χ0n) is 9.31. The average Bonchev–Trinajstić information content (AvgIpc) is 2.51. The van der Waals surface area contributed by atoms with Crippen LogP contribution in [0.3, 0.4) is 0 Å². The fraction of sp³-hybridized carbons (Fsp3) is 1.00. The van der Waals surface area contributed by atoms with E-state index in [2.05, 4.69) is 4.72 Å². The normalized spacial score (nSPS) is 25.7. The maximum Gasteiger partial charge on any atom is 0.279 e. The van der Waals surface area contributed by atoms with Gasteiger partial charge in [0, 0.05) is 19.1 Å². The molecule has 0 aromatic heterocycles. The van der Waals surface area contributed by atoms with E-state index in [1.54, 1.807) is 13.8 Å². The number of aliphatic hydroxyl groups is 1. The van der Waals surface area contributed by atoms with E-state index >= 15 is 0 Å². The molecule has 1 fully saturated rings. The molecule has 1 heterocycles. The highest BCUT2D eigenvalue weighted by molar-refractivity contribution is 7.87. The lowest BCUT2D eigenvalue weighted by molar-refractivity contribution is 0.157. The summed E-state index contributed by atoms with van der Waals surface area (Å²) in [5.74, 6) is 0. The molecule has 0 amide bonds. The fourth-order valence-corrected chi connectivity index (χ4v) is 3.50. The highest BCUT2D eigenvalue weighted by Crippen LogP contribution is 2.23. The molecule has 0 bridgehead atoms. The Hall–Kier alpha value is -0.170. The lowest BCUT2D eigenvalue weighted by Gasteiger charge is -2.24. The van der Waals surface area contributed by atoms with Gasteiger partial charge in [0.05, 0.1) is 6.10 Å².